The summed E-state index contributed by atoms with van der Waals surface area (Å²) in [5, 5.41) is 0. The summed E-state index contributed by atoms with van der Waals surface area (Å²) in [4.78, 5) is 21.7. The van der Waals surface area contributed by atoms with Crippen LogP contribution in [0.15, 0.2) is 5.57 Å². The predicted octanol–water partition coefficient (Wildman–Crippen LogP) is 1.50. The maximum Gasteiger partial charge on any atom is 0.345 e. The highest BCUT2D eigenvalue weighted by Crippen LogP contribution is 2.28. The van der Waals surface area contributed by atoms with Crippen molar-refractivity contribution in [1.82, 2.24) is 0 Å². The summed E-state index contributed by atoms with van der Waals surface area (Å²) in [6.45, 7) is 0. The van der Waals surface area contributed by atoms with Crippen molar-refractivity contribution in [3.8, 4) is 0 Å². The molecule has 0 aromatic rings. The van der Waals surface area contributed by atoms with Crippen LogP contribution >= 0.6 is 0 Å². The number of methoxy groups -OCH3 is 1. The molecule has 0 aromatic heterocycles. The molecule has 3 nitrogen and oxygen atoms in total. The molecule has 1 aliphatic rings. The molecule has 1 saturated carbocycles. The van der Waals surface area contributed by atoms with Crippen molar-refractivity contribution >= 4 is 11.9 Å². The van der Waals surface area contributed by atoms with Crippen molar-refractivity contribution in [3.05, 3.63) is 5.57 Å². The van der Waals surface area contributed by atoms with Crippen molar-refractivity contribution in [3.63, 3.8) is 0 Å². The van der Waals surface area contributed by atoms with Crippen LogP contribution in [0.1, 0.15) is 32.1 Å². The Morgan fingerprint density at radius 3 is 2.38 bits per heavy atom. The zero-order chi connectivity index (χ0) is 9.68. The molecule has 0 aliphatic heterocycles. The van der Waals surface area contributed by atoms with Crippen molar-refractivity contribution in [2.24, 2.45) is 5.92 Å². The van der Waals surface area contributed by atoms with Gasteiger partial charge >= 0.3 is 5.97 Å². The molecule has 1 rings (SSSR count). The second-order valence-corrected chi connectivity index (χ2v) is 3.34. The molecule has 0 aromatic carbocycles. The summed E-state index contributed by atoms with van der Waals surface area (Å²) in [5.74, 6) is 1.28. The van der Waals surface area contributed by atoms with Crippen LogP contribution in [0.4, 0.5) is 0 Å². The van der Waals surface area contributed by atoms with Crippen molar-refractivity contribution < 1.29 is 14.3 Å². The Bertz CT molecular complexity index is 233. The monoisotopic (exact) mass is 182 g/mol. The molecule has 0 unspecified atom stereocenters. The molecule has 0 saturated heterocycles. The highest BCUT2D eigenvalue weighted by molar-refractivity contribution is 5.97. The van der Waals surface area contributed by atoms with E-state index in [2.05, 4.69) is 4.74 Å². The molecule has 0 heterocycles. The van der Waals surface area contributed by atoms with Gasteiger partial charge in [-0.1, -0.05) is 19.3 Å². The maximum atomic E-state index is 11.1. The van der Waals surface area contributed by atoms with E-state index < -0.39 is 5.97 Å². The first-order chi connectivity index (χ1) is 6.29. The van der Waals surface area contributed by atoms with E-state index in [4.69, 9.17) is 0 Å². The van der Waals surface area contributed by atoms with Gasteiger partial charge in [0.2, 0.25) is 0 Å². The fraction of sp³-hybridized carbons (Fsp3) is 0.700. The van der Waals surface area contributed by atoms with Gasteiger partial charge in [-0.15, -0.1) is 0 Å². The summed E-state index contributed by atoms with van der Waals surface area (Å²) in [5.41, 5.74) is 0.196. The first-order valence-electron chi connectivity index (χ1n) is 4.63. The molecule has 0 spiro atoms. The molecule has 0 bridgehead atoms. The van der Waals surface area contributed by atoms with E-state index in [1.54, 1.807) is 5.94 Å². The normalized spacial score (nSPS) is 17.6. The minimum Gasteiger partial charge on any atom is -0.465 e. The standard InChI is InChI=1S/C10H14O3/c1-13-10(12)9(7-11)8-5-3-2-4-6-8/h8H,2-6H2,1H3. The van der Waals surface area contributed by atoms with Crippen LogP contribution in [0, 0.1) is 5.92 Å². The van der Waals surface area contributed by atoms with Gasteiger partial charge in [-0.3, -0.25) is 0 Å². The predicted molar refractivity (Wildman–Crippen MR) is 47.8 cm³/mol. The molecule has 0 atom stereocenters. The molecule has 72 valence electrons. The Morgan fingerprint density at radius 1 is 1.31 bits per heavy atom. The van der Waals surface area contributed by atoms with Gasteiger partial charge in [0.05, 0.1) is 7.11 Å². The maximum absolute atomic E-state index is 11.1. The number of carbonyl (C=O) groups is 1. The van der Waals surface area contributed by atoms with Crippen LogP contribution in [0.5, 0.6) is 0 Å². The lowest BCUT2D eigenvalue weighted by molar-refractivity contribution is -0.136. The van der Waals surface area contributed by atoms with Crippen LogP contribution in [0.3, 0.4) is 0 Å². The SMILES string of the molecule is COC(=O)C(=C=O)C1CCCCC1. The number of esters is 1. The van der Waals surface area contributed by atoms with Gasteiger partial charge in [0.15, 0.2) is 0 Å². The smallest absolute Gasteiger partial charge is 0.345 e. The van der Waals surface area contributed by atoms with Crippen LogP contribution in [-0.4, -0.2) is 19.0 Å². The summed E-state index contributed by atoms with van der Waals surface area (Å²) in [6.07, 6.45) is 5.21. The fourth-order valence-corrected chi connectivity index (χ4v) is 1.79. The third-order valence-corrected chi connectivity index (χ3v) is 2.53. The van der Waals surface area contributed by atoms with E-state index >= 15 is 0 Å². The summed E-state index contributed by atoms with van der Waals surface area (Å²) in [6, 6.07) is 0. The van der Waals surface area contributed by atoms with Gasteiger partial charge < -0.3 is 4.74 Å². The highest BCUT2D eigenvalue weighted by Gasteiger charge is 2.24. The summed E-state index contributed by atoms with van der Waals surface area (Å²) < 4.78 is 4.52. The van der Waals surface area contributed by atoms with E-state index in [0.717, 1.165) is 25.7 Å². The first-order valence-corrected chi connectivity index (χ1v) is 4.63. The largest absolute Gasteiger partial charge is 0.465 e. The summed E-state index contributed by atoms with van der Waals surface area (Å²) >= 11 is 0. The van der Waals surface area contributed by atoms with Gasteiger partial charge in [-0.2, -0.15) is 0 Å². The lowest BCUT2D eigenvalue weighted by Crippen LogP contribution is -2.17. The third-order valence-electron chi connectivity index (χ3n) is 2.53. The number of ether oxygens (including phenoxy) is 1. The van der Waals surface area contributed by atoms with E-state index in [1.807, 2.05) is 0 Å². The van der Waals surface area contributed by atoms with Crippen LogP contribution in [0.25, 0.3) is 0 Å². The van der Waals surface area contributed by atoms with Crippen LogP contribution in [0.2, 0.25) is 0 Å². The second-order valence-electron chi connectivity index (χ2n) is 3.34. The fourth-order valence-electron chi connectivity index (χ4n) is 1.79. The average Bonchev–Trinajstić information content (AvgIpc) is 2.20. The van der Waals surface area contributed by atoms with Gasteiger partial charge in [0, 0.05) is 5.92 Å². The lowest BCUT2D eigenvalue weighted by atomic mass is 9.84. The Labute approximate surface area is 77.8 Å². The molecule has 3 heteroatoms. The minimum atomic E-state index is -0.512. The van der Waals surface area contributed by atoms with Crippen molar-refractivity contribution in [2.75, 3.05) is 7.11 Å². The lowest BCUT2D eigenvalue weighted by Gasteiger charge is -2.20. The first kappa shape index (κ1) is 10.0. The Kier molecular flexibility index (Phi) is 3.71. The van der Waals surface area contributed by atoms with Gasteiger partial charge in [-0.05, 0) is 12.8 Å². The second kappa shape index (κ2) is 4.83. The average molecular weight is 182 g/mol. The minimum absolute atomic E-state index is 0.0821. The molecular formula is C10H14O3. The van der Waals surface area contributed by atoms with Crippen molar-refractivity contribution in [1.29, 1.82) is 0 Å². The topological polar surface area (TPSA) is 43.4 Å². The van der Waals surface area contributed by atoms with Gasteiger partial charge in [0.25, 0.3) is 0 Å². The van der Waals surface area contributed by atoms with Crippen LogP contribution < -0.4 is 0 Å². The number of hydrogen-bond donors (Lipinski definition) is 0. The van der Waals surface area contributed by atoms with E-state index in [9.17, 15) is 9.59 Å². The molecule has 1 fully saturated rings. The Hall–Kier alpha value is -1.08. The van der Waals surface area contributed by atoms with Gasteiger partial charge in [-0.25, -0.2) is 9.59 Å². The molecule has 13 heavy (non-hydrogen) atoms. The summed E-state index contributed by atoms with van der Waals surface area (Å²) in [7, 11) is 1.29. The molecular weight excluding hydrogens is 168 g/mol. The molecule has 0 N–H and O–H groups in total. The quantitative estimate of drug-likeness (QED) is 0.369. The van der Waals surface area contributed by atoms with E-state index in [0.29, 0.717) is 0 Å². The van der Waals surface area contributed by atoms with Crippen LogP contribution in [-0.2, 0) is 14.3 Å². The number of rotatable bonds is 2. The Balaban J connectivity index is 2.66. The number of hydrogen-bond acceptors (Lipinski definition) is 3. The zero-order valence-electron chi connectivity index (χ0n) is 7.84. The van der Waals surface area contributed by atoms with Crippen molar-refractivity contribution in [2.45, 2.75) is 32.1 Å². The third kappa shape index (κ3) is 2.43. The Morgan fingerprint density at radius 2 is 1.92 bits per heavy atom. The molecule has 0 radical (unpaired) electrons. The molecule has 1 aliphatic carbocycles. The highest BCUT2D eigenvalue weighted by atomic mass is 16.5. The molecule has 0 amide bonds. The van der Waals surface area contributed by atoms with E-state index in [-0.39, 0.29) is 11.5 Å². The van der Waals surface area contributed by atoms with Gasteiger partial charge in [0.1, 0.15) is 11.5 Å². The zero-order valence-corrected chi connectivity index (χ0v) is 7.84. The number of carbonyl (C=O) groups excluding carboxylic acids is 2. The van der Waals surface area contributed by atoms with E-state index in [1.165, 1.54) is 13.5 Å².